The molecule has 5 atom stereocenters. The van der Waals surface area contributed by atoms with Gasteiger partial charge in [0.15, 0.2) is 11.6 Å². The summed E-state index contributed by atoms with van der Waals surface area (Å²) in [6.07, 6.45) is -0.0714. The monoisotopic (exact) mass is 272 g/mol. The van der Waals surface area contributed by atoms with E-state index in [9.17, 15) is 5.11 Å². The molecule has 2 saturated heterocycles. The number of ether oxygens (including phenoxy) is 4. The number of hydrogen-bond acceptors (Lipinski definition) is 5. The van der Waals surface area contributed by atoms with Crippen LogP contribution >= 0.6 is 0 Å². The minimum Gasteiger partial charge on any atom is -0.387 e. The highest BCUT2D eigenvalue weighted by molar-refractivity contribution is 5.10. The summed E-state index contributed by atoms with van der Waals surface area (Å²) in [6, 6.07) is 0. The fraction of sp³-hybridized carbons (Fsp3) is 1.00. The van der Waals surface area contributed by atoms with Gasteiger partial charge in [0.25, 0.3) is 0 Å². The number of aliphatic hydroxyl groups excluding tert-OH is 1. The molecule has 0 aromatic carbocycles. The van der Waals surface area contributed by atoms with Crippen molar-refractivity contribution in [3.8, 4) is 0 Å². The molecule has 3 fully saturated rings. The van der Waals surface area contributed by atoms with Crippen LogP contribution in [-0.2, 0) is 18.9 Å². The third kappa shape index (κ3) is 2.03. The summed E-state index contributed by atoms with van der Waals surface area (Å²) in [5, 5.41) is 10.6. The molecule has 0 aromatic rings. The van der Waals surface area contributed by atoms with Crippen LogP contribution in [0, 0.1) is 0 Å². The van der Waals surface area contributed by atoms with Gasteiger partial charge in [0.1, 0.15) is 23.9 Å². The van der Waals surface area contributed by atoms with Crippen LogP contribution in [0.25, 0.3) is 0 Å². The molecule has 19 heavy (non-hydrogen) atoms. The van der Waals surface area contributed by atoms with Gasteiger partial charge in [0.05, 0.1) is 6.10 Å². The lowest BCUT2D eigenvalue weighted by Gasteiger charge is -2.43. The van der Waals surface area contributed by atoms with Gasteiger partial charge < -0.3 is 24.1 Å². The van der Waals surface area contributed by atoms with E-state index < -0.39 is 23.3 Å². The molecule has 2 aliphatic heterocycles. The quantitative estimate of drug-likeness (QED) is 0.785. The van der Waals surface area contributed by atoms with Gasteiger partial charge in [-0.05, 0) is 34.1 Å². The molecule has 5 nitrogen and oxygen atoms in total. The van der Waals surface area contributed by atoms with Crippen LogP contribution in [-0.4, -0.2) is 46.7 Å². The number of rotatable bonds is 1. The van der Waals surface area contributed by atoms with Gasteiger partial charge in [-0.25, -0.2) is 0 Å². The third-order valence-corrected chi connectivity index (χ3v) is 4.39. The molecule has 0 unspecified atom stereocenters. The average Bonchev–Trinajstić information content (AvgIpc) is 2.72. The second-order valence-corrected chi connectivity index (χ2v) is 6.79. The van der Waals surface area contributed by atoms with Crippen molar-refractivity contribution in [3.05, 3.63) is 0 Å². The van der Waals surface area contributed by atoms with Crippen LogP contribution in [0.2, 0.25) is 0 Å². The van der Waals surface area contributed by atoms with E-state index in [0.29, 0.717) is 6.42 Å². The molecule has 5 heteroatoms. The van der Waals surface area contributed by atoms with E-state index in [1.165, 1.54) is 0 Å². The molecule has 110 valence electrons. The normalized spacial score (nSPS) is 50.8. The molecule has 0 aromatic heterocycles. The Balaban J connectivity index is 1.92. The van der Waals surface area contributed by atoms with Gasteiger partial charge in [-0.2, -0.15) is 0 Å². The number of hydrogen-bond donors (Lipinski definition) is 1. The van der Waals surface area contributed by atoms with Crippen molar-refractivity contribution in [3.63, 3.8) is 0 Å². The van der Waals surface area contributed by atoms with Crippen molar-refractivity contribution in [1.29, 1.82) is 0 Å². The third-order valence-electron chi connectivity index (χ3n) is 4.39. The fourth-order valence-electron chi connectivity index (χ4n) is 3.76. The van der Waals surface area contributed by atoms with Crippen LogP contribution in [0.3, 0.4) is 0 Å². The lowest BCUT2D eigenvalue weighted by atomic mass is 9.76. The fourth-order valence-corrected chi connectivity index (χ4v) is 3.76. The SMILES string of the molecule is CC[C@@]12C[C@H]3OC(C)(C)O[C@H]3[C@@H](O)[C@@H]1OC(C)(C)O2. The topological polar surface area (TPSA) is 57.2 Å². The molecule has 3 rings (SSSR count). The van der Waals surface area contributed by atoms with Gasteiger partial charge in [-0.3, -0.25) is 0 Å². The highest BCUT2D eigenvalue weighted by Crippen LogP contribution is 2.50. The Morgan fingerprint density at radius 2 is 1.74 bits per heavy atom. The molecule has 3 aliphatic rings. The molecule has 0 spiro atoms. The van der Waals surface area contributed by atoms with Gasteiger partial charge >= 0.3 is 0 Å². The predicted molar refractivity (Wildman–Crippen MR) is 67.5 cm³/mol. The van der Waals surface area contributed by atoms with Gasteiger partial charge in [0.2, 0.25) is 0 Å². The Labute approximate surface area is 114 Å². The lowest BCUT2D eigenvalue weighted by Crippen LogP contribution is -2.60. The van der Waals surface area contributed by atoms with E-state index >= 15 is 0 Å². The maximum absolute atomic E-state index is 10.6. The molecular weight excluding hydrogens is 248 g/mol. The van der Waals surface area contributed by atoms with E-state index in [-0.39, 0.29) is 18.3 Å². The summed E-state index contributed by atoms with van der Waals surface area (Å²) < 4.78 is 23.8. The second-order valence-electron chi connectivity index (χ2n) is 6.79. The van der Waals surface area contributed by atoms with E-state index in [1.807, 2.05) is 27.7 Å². The number of aliphatic hydroxyl groups is 1. The van der Waals surface area contributed by atoms with E-state index in [4.69, 9.17) is 18.9 Å². The molecule has 1 saturated carbocycles. The summed E-state index contributed by atoms with van der Waals surface area (Å²) in [5.41, 5.74) is -0.478. The van der Waals surface area contributed by atoms with E-state index in [2.05, 4.69) is 6.92 Å². The smallest absolute Gasteiger partial charge is 0.164 e. The predicted octanol–water partition coefficient (Wildman–Crippen LogP) is 1.57. The van der Waals surface area contributed by atoms with Crippen LogP contribution in [0.15, 0.2) is 0 Å². The molecule has 1 N–H and O–H groups in total. The van der Waals surface area contributed by atoms with Gasteiger partial charge in [-0.1, -0.05) is 6.92 Å². The van der Waals surface area contributed by atoms with E-state index in [1.54, 1.807) is 0 Å². The Morgan fingerprint density at radius 1 is 1.05 bits per heavy atom. The molecule has 1 aliphatic carbocycles. The standard InChI is InChI=1S/C14H24O5/c1-6-14-7-8-10(17-12(2,3)16-8)9(15)11(14)18-13(4,5)19-14/h8-11,15H,6-7H2,1-5H3/t8-,9-,10-,11+,14-/m1/s1. The zero-order valence-electron chi connectivity index (χ0n) is 12.3. The maximum atomic E-state index is 10.6. The zero-order valence-corrected chi connectivity index (χ0v) is 12.3. The molecule has 0 amide bonds. The van der Waals surface area contributed by atoms with Crippen LogP contribution in [0.4, 0.5) is 0 Å². The molecular formula is C14H24O5. The largest absolute Gasteiger partial charge is 0.387 e. The van der Waals surface area contributed by atoms with Crippen molar-refractivity contribution >= 4 is 0 Å². The van der Waals surface area contributed by atoms with Crippen LogP contribution < -0.4 is 0 Å². The Hall–Kier alpha value is -0.200. The Kier molecular flexibility index (Phi) is 2.84. The molecule has 0 bridgehead atoms. The van der Waals surface area contributed by atoms with Crippen molar-refractivity contribution < 1.29 is 24.1 Å². The van der Waals surface area contributed by atoms with Gasteiger partial charge in [-0.15, -0.1) is 0 Å². The minimum atomic E-state index is -0.720. The highest BCUT2D eigenvalue weighted by atomic mass is 16.8. The minimum absolute atomic E-state index is 0.140. The first kappa shape index (κ1) is 13.8. The summed E-state index contributed by atoms with van der Waals surface area (Å²) in [5.74, 6) is -1.32. The van der Waals surface area contributed by atoms with Crippen molar-refractivity contribution in [2.24, 2.45) is 0 Å². The average molecular weight is 272 g/mol. The first-order chi connectivity index (χ1) is 8.68. The van der Waals surface area contributed by atoms with Crippen molar-refractivity contribution in [2.75, 3.05) is 0 Å². The Bertz CT molecular complexity index is 380. The van der Waals surface area contributed by atoms with Crippen LogP contribution in [0.1, 0.15) is 47.5 Å². The first-order valence-electron chi connectivity index (χ1n) is 7.10. The zero-order chi connectivity index (χ0) is 14.1. The summed E-state index contributed by atoms with van der Waals surface area (Å²) in [7, 11) is 0. The summed E-state index contributed by atoms with van der Waals surface area (Å²) in [6.45, 7) is 9.58. The summed E-state index contributed by atoms with van der Waals surface area (Å²) in [4.78, 5) is 0. The maximum Gasteiger partial charge on any atom is 0.164 e. The summed E-state index contributed by atoms with van der Waals surface area (Å²) >= 11 is 0. The van der Waals surface area contributed by atoms with Crippen LogP contribution in [0.5, 0.6) is 0 Å². The lowest BCUT2D eigenvalue weighted by molar-refractivity contribution is -0.182. The van der Waals surface area contributed by atoms with Gasteiger partial charge in [0, 0.05) is 6.42 Å². The first-order valence-corrected chi connectivity index (χ1v) is 7.10. The molecule has 2 heterocycles. The van der Waals surface area contributed by atoms with Crippen molar-refractivity contribution in [1.82, 2.24) is 0 Å². The van der Waals surface area contributed by atoms with E-state index in [0.717, 1.165) is 6.42 Å². The van der Waals surface area contributed by atoms with Crippen molar-refractivity contribution in [2.45, 2.75) is 89.1 Å². The highest BCUT2D eigenvalue weighted by Gasteiger charge is 2.64. The number of fused-ring (bicyclic) bond motifs is 2. The second kappa shape index (κ2) is 3.92. The Morgan fingerprint density at radius 3 is 2.37 bits per heavy atom. The molecule has 0 radical (unpaired) electrons.